The molecule has 6 heteroatoms. The summed E-state index contributed by atoms with van der Waals surface area (Å²) in [6, 6.07) is 3.49. The molecule has 5 nitrogen and oxygen atoms in total. The Bertz CT molecular complexity index is 918. The van der Waals surface area contributed by atoms with E-state index in [9.17, 15) is 9.59 Å². The molecule has 1 aromatic heterocycles. The molecule has 0 aliphatic carbocycles. The number of pyridine rings is 1. The van der Waals surface area contributed by atoms with Gasteiger partial charge in [-0.3, -0.25) is 14.6 Å². The molecule has 0 spiro atoms. The fourth-order valence-electron chi connectivity index (χ4n) is 3.14. The molecule has 0 fully saturated rings. The summed E-state index contributed by atoms with van der Waals surface area (Å²) in [4.78, 5) is 27.7. The molecule has 1 aromatic rings. The fourth-order valence-corrected chi connectivity index (χ4v) is 3.84. The minimum absolute atomic E-state index is 0.0787. The van der Waals surface area contributed by atoms with E-state index in [1.54, 1.807) is 36.3 Å². The zero-order valence-electron chi connectivity index (χ0n) is 22.9. The van der Waals surface area contributed by atoms with Crippen LogP contribution >= 0.6 is 11.8 Å². The molecule has 0 aliphatic rings. The Morgan fingerprint density at radius 2 is 1.29 bits per heavy atom. The van der Waals surface area contributed by atoms with E-state index in [-0.39, 0.29) is 11.8 Å². The molecule has 1 heterocycles. The van der Waals surface area contributed by atoms with E-state index >= 15 is 0 Å². The van der Waals surface area contributed by atoms with Gasteiger partial charge in [-0.05, 0) is 57.1 Å². The zero-order valence-corrected chi connectivity index (χ0v) is 23.7. The number of carbonyl (C=O) groups is 2. The maximum absolute atomic E-state index is 11.9. The first-order valence-electron chi connectivity index (χ1n) is 13.7. The zero-order chi connectivity index (χ0) is 27.4. The van der Waals surface area contributed by atoms with Crippen LogP contribution in [0.15, 0.2) is 97.4 Å². The molecular formula is C32H45N3O2S. The van der Waals surface area contributed by atoms with Crippen LogP contribution in [-0.2, 0) is 4.79 Å². The number of nitrogens with one attached hydrogen (secondary N) is 2. The minimum atomic E-state index is -0.110. The van der Waals surface area contributed by atoms with Crippen molar-refractivity contribution in [1.82, 2.24) is 15.6 Å². The van der Waals surface area contributed by atoms with Crippen LogP contribution in [0.1, 0.15) is 68.6 Å². The van der Waals surface area contributed by atoms with E-state index in [1.165, 1.54) is 0 Å². The topological polar surface area (TPSA) is 71.1 Å². The molecule has 0 saturated carbocycles. The van der Waals surface area contributed by atoms with Gasteiger partial charge in [-0.2, -0.15) is 11.8 Å². The minimum Gasteiger partial charge on any atom is -0.355 e. The van der Waals surface area contributed by atoms with Crippen LogP contribution in [0.2, 0.25) is 0 Å². The van der Waals surface area contributed by atoms with Gasteiger partial charge in [0.25, 0.3) is 5.91 Å². The molecule has 206 valence electrons. The molecule has 0 unspecified atom stereocenters. The summed E-state index contributed by atoms with van der Waals surface area (Å²) < 4.78 is 0. The maximum Gasteiger partial charge on any atom is 0.252 e. The second kappa shape index (κ2) is 25.5. The highest BCUT2D eigenvalue weighted by molar-refractivity contribution is 7.99. The van der Waals surface area contributed by atoms with Gasteiger partial charge >= 0.3 is 0 Å². The van der Waals surface area contributed by atoms with Gasteiger partial charge < -0.3 is 10.6 Å². The monoisotopic (exact) mass is 535 g/mol. The van der Waals surface area contributed by atoms with E-state index in [2.05, 4.69) is 95.5 Å². The van der Waals surface area contributed by atoms with Gasteiger partial charge in [0.2, 0.25) is 5.91 Å². The average Bonchev–Trinajstić information content (AvgIpc) is 2.94. The van der Waals surface area contributed by atoms with Crippen molar-refractivity contribution in [2.75, 3.05) is 24.6 Å². The molecule has 2 N–H and O–H groups in total. The second-order valence-electron chi connectivity index (χ2n) is 8.41. The molecule has 1 rings (SSSR count). The Balaban J connectivity index is 1.91. The maximum atomic E-state index is 11.9. The number of allylic oxidation sites excluding steroid dienone is 12. The van der Waals surface area contributed by atoms with Crippen LogP contribution in [0.4, 0.5) is 0 Å². The lowest BCUT2D eigenvalue weighted by Crippen LogP contribution is -2.27. The van der Waals surface area contributed by atoms with Crippen LogP contribution in [0.5, 0.6) is 0 Å². The largest absolute Gasteiger partial charge is 0.355 e. The Labute approximate surface area is 234 Å². The van der Waals surface area contributed by atoms with Gasteiger partial charge in [0.15, 0.2) is 0 Å². The van der Waals surface area contributed by atoms with Gasteiger partial charge in [0.1, 0.15) is 0 Å². The van der Waals surface area contributed by atoms with E-state index in [0.717, 1.165) is 56.5 Å². The van der Waals surface area contributed by atoms with Crippen molar-refractivity contribution in [2.24, 2.45) is 0 Å². The van der Waals surface area contributed by atoms with Crippen LogP contribution in [0.3, 0.4) is 0 Å². The molecule has 0 atom stereocenters. The van der Waals surface area contributed by atoms with E-state index in [4.69, 9.17) is 0 Å². The standard InChI is InChI=1S/C32H45N3O2S/c1-2-3-4-5-6-7-8-9-10-11-12-13-14-15-16-17-18-19-20-23-31(36)34-25-27-38-28-26-35-32(37)30-22-21-24-33-29-30/h3-4,6-7,9-10,12-13,15-16,18-19,21-22,24,29H,2,5,8,11,14,17,20,23,25-28H2,1H3,(H,34,36)(H,35,37)/b4-3-,7-6-,10-9-,13-12-,16-15-,19-18-. The summed E-state index contributed by atoms with van der Waals surface area (Å²) in [5.74, 6) is 1.60. The van der Waals surface area contributed by atoms with Crippen LogP contribution < -0.4 is 10.6 Å². The number of carbonyl (C=O) groups excluding carboxylic acids is 2. The average molecular weight is 536 g/mol. The van der Waals surface area contributed by atoms with Gasteiger partial charge in [0, 0.05) is 43.4 Å². The van der Waals surface area contributed by atoms with Crippen molar-refractivity contribution < 1.29 is 9.59 Å². The van der Waals surface area contributed by atoms with Crippen molar-refractivity contribution in [2.45, 2.75) is 58.3 Å². The number of rotatable bonds is 21. The molecule has 0 saturated heterocycles. The number of nitrogens with zero attached hydrogens (tertiary/aromatic N) is 1. The molecular weight excluding hydrogens is 490 g/mol. The highest BCUT2D eigenvalue weighted by Crippen LogP contribution is 2.00. The third-order valence-electron chi connectivity index (χ3n) is 5.16. The third kappa shape index (κ3) is 21.0. The number of amides is 2. The lowest BCUT2D eigenvalue weighted by molar-refractivity contribution is -0.120. The second-order valence-corrected chi connectivity index (χ2v) is 9.64. The molecule has 0 aliphatic heterocycles. The van der Waals surface area contributed by atoms with E-state index in [0.29, 0.717) is 25.1 Å². The van der Waals surface area contributed by atoms with Gasteiger partial charge in [0.05, 0.1) is 5.56 Å². The Morgan fingerprint density at radius 3 is 1.82 bits per heavy atom. The van der Waals surface area contributed by atoms with Crippen molar-refractivity contribution >= 4 is 23.6 Å². The molecule has 0 aromatic carbocycles. The van der Waals surface area contributed by atoms with E-state index in [1.807, 2.05) is 0 Å². The summed E-state index contributed by atoms with van der Waals surface area (Å²) in [6.45, 7) is 3.39. The van der Waals surface area contributed by atoms with Crippen molar-refractivity contribution in [3.63, 3.8) is 0 Å². The van der Waals surface area contributed by atoms with Crippen LogP contribution in [0, 0.1) is 0 Å². The van der Waals surface area contributed by atoms with Gasteiger partial charge in [-0.1, -0.05) is 79.8 Å². The SMILES string of the molecule is CC/C=C\C/C=C\C/C=C\C/C=C\C/C=C\C/C=C\CCC(=O)NCCSCCNC(=O)c1cccnc1. The first-order valence-corrected chi connectivity index (χ1v) is 14.8. The third-order valence-corrected chi connectivity index (χ3v) is 6.14. The van der Waals surface area contributed by atoms with Crippen LogP contribution in [0.25, 0.3) is 0 Å². The number of hydrogen-bond acceptors (Lipinski definition) is 4. The predicted octanol–water partition coefficient (Wildman–Crippen LogP) is 7.14. The lowest BCUT2D eigenvalue weighted by Gasteiger charge is -2.06. The first-order chi connectivity index (χ1) is 18.7. The Morgan fingerprint density at radius 1 is 0.763 bits per heavy atom. The number of thioether (sulfide) groups is 1. The Kier molecular flexibility index (Phi) is 22.1. The summed E-state index contributed by atoms with van der Waals surface area (Å²) >= 11 is 1.71. The van der Waals surface area contributed by atoms with Crippen molar-refractivity contribution in [1.29, 1.82) is 0 Å². The molecule has 38 heavy (non-hydrogen) atoms. The quantitative estimate of drug-likeness (QED) is 0.130. The summed E-state index contributed by atoms with van der Waals surface area (Å²) in [5.41, 5.74) is 0.566. The van der Waals surface area contributed by atoms with Crippen molar-refractivity contribution in [3.8, 4) is 0 Å². The predicted molar refractivity (Wildman–Crippen MR) is 164 cm³/mol. The summed E-state index contributed by atoms with van der Waals surface area (Å²) in [6.07, 6.45) is 36.5. The number of hydrogen-bond donors (Lipinski definition) is 2. The summed E-state index contributed by atoms with van der Waals surface area (Å²) in [5, 5.41) is 5.81. The first kappa shape index (κ1) is 32.9. The lowest BCUT2D eigenvalue weighted by atomic mass is 10.2. The normalized spacial score (nSPS) is 12.2. The highest BCUT2D eigenvalue weighted by Gasteiger charge is 2.03. The smallest absolute Gasteiger partial charge is 0.252 e. The van der Waals surface area contributed by atoms with E-state index < -0.39 is 0 Å². The van der Waals surface area contributed by atoms with Gasteiger partial charge in [-0.15, -0.1) is 0 Å². The van der Waals surface area contributed by atoms with Crippen LogP contribution in [-0.4, -0.2) is 41.4 Å². The molecule has 0 radical (unpaired) electrons. The molecule has 2 amide bonds. The molecule has 0 bridgehead atoms. The highest BCUT2D eigenvalue weighted by atomic mass is 32.2. The van der Waals surface area contributed by atoms with Gasteiger partial charge in [-0.25, -0.2) is 0 Å². The Hall–Kier alpha value is -3.12. The number of aromatic nitrogens is 1. The van der Waals surface area contributed by atoms with Crippen molar-refractivity contribution in [3.05, 3.63) is 103 Å². The summed E-state index contributed by atoms with van der Waals surface area (Å²) in [7, 11) is 0. The fraction of sp³-hybridized carbons (Fsp3) is 0.406.